The molecule has 540 valence electrons. The average molecular weight is 1480 g/mol. The van der Waals surface area contributed by atoms with Crippen molar-refractivity contribution in [3.8, 4) is 135 Å². The third-order valence-electron chi connectivity index (χ3n) is 22.3. The van der Waals surface area contributed by atoms with Crippen molar-refractivity contribution in [2.75, 3.05) is 0 Å². The monoisotopic (exact) mass is 1480 g/mol. The molecule has 0 bridgehead atoms. The number of nitrogens with zero attached hydrogens (tertiary/aromatic N) is 7. The summed E-state index contributed by atoms with van der Waals surface area (Å²) in [5.41, 5.74) is 23.0. The van der Waals surface area contributed by atoms with Crippen molar-refractivity contribution in [2.45, 2.75) is 0 Å². The van der Waals surface area contributed by atoms with E-state index in [4.69, 9.17) is 34.9 Å². The Morgan fingerprint density at radius 3 is 0.957 bits per heavy atom. The number of hydrogen-bond acceptors (Lipinski definition) is 7. The van der Waals surface area contributed by atoms with Gasteiger partial charge in [0.05, 0.1) is 33.8 Å². The number of aromatic nitrogens is 7. The first kappa shape index (κ1) is 68.5. The van der Waals surface area contributed by atoms with Crippen molar-refractivity contribution in [3.63, 3.8) is 0 Å². The first-order chi connectivity index (χ1) is 57.5. The molecule has 0 radical (unpaired) electrons. The van der Waals surface area contributed by atoms with Gasteiger partial charge in [-0.05, 0) is 136 Å². The molecule has 0 amide bonds. The van der Waals surface area contributed by atoms with Gasteiger partial charge in [0.15, 0.2) is 23.3 Å². The molecule has 0 N–H and O–H groups in total. The molecule has 22 aromatic rings. The van der Waals surface area contributed by atoms with E-state index < -0.39 is 0 Å². The minimum absolute atomic E-state index is 0.636. The third kappa shape index (κ3) is 12.8. The van der Waals surface area contributed by atoms with E-state index >= 15 is 0 Å². The topological polar surface area (TPSA) is 90.2 Å². The second kappa shape index (κ2) is 29.6. The summed E-state index contributed by atoms with van der Waals surface area (Å²) in [6.07, 6.45) is 0. The van der Waals surface area contributed by atoms with Crippen LogP contribution in [0.3, 0.4) is 0 Å². The number of pyridine rings is 2. The van der Waals surface area contributed by atoms with E-state index in [9.17, 15) is 0 Å². The molecule has 7 heteroatoms. The molecule has 4 aromatic heterocycles. The SMILES string of the molecule is c1ccc(-c2nc(-c3ccccc3)nc(-c3cccc(-c4cccc(-c5cccc6c(-c7ccccc7)nc7ccccc7c56)c4)c3)n2)cc1.c1ccc(-c2nc3ccccc3c3c(-c4cccc(-c5ccc(-c6cc(-c7cc8ccccc8c8ccccc78)nc(-c7cc8ccccc8c8ccccc78)n6)cc5)c4)cccc23)cc1. The maximum Gasteiger partial charge on any atom is 0.164 e. The fourth-order valence-electron chi connectivity index (χ4n) is 16.8. The Kier molecular flexibility index (Phi) is 17.5. The van der Waals surface area contributed by atoms with Crippen molar-refractivity contribution in [1.82, 2.24) is 34.9 Å². The Balaban J connectivity index is 0.000000151. The number of benzene rings is 18. The van der Waals surface area contributed by atoms with Gasteiger partial charge in [0.1, 0.15) is 0 Å². The van der Waals surface area contributed by atoms with Crippen molar-refractivity contribution in [3.05, 3.63) is 419 Å². The van der Waals surface area contributed by atoms with Crippen molar-refractivity contribution in [2.24, 2.45) is 0 Å². The number of fused-ring (bicyclic) bond motifs is 12. The maximum atomic E-state index is 5.46. The molecule has 0 aliphatic rings. The zero-order chi connectivity index (χ0) is 76.8. The van der Waals surface area contributed by atoms with Gasteiger partial charge in [-0.25, -0.2) is 34.9 Å². The summed E-state index contributed by atoms with van der Waals surface area (Å²) in [6.45, 7) is 0. The Labute approximate surface area is 670 Å². The highest BCUT2D eigenvalue weighted by Crippen LogP contribution is 2.45. The van der Waals surface area contributed by atoms with Gasteiger partial charge in [0.25, 0.3) is 0 Å². The first-order valence-electron chi connectivity index (χ1n) is 39.2. The Morgan fingerprint density at radius 1 is 0.138 bits per heavy atom. The lowest BCUT2D eigenvalue weighted by Gasteiger charge is -2.15. The van der Waals surface area contributed by atoms with Crippen LogP contribution in [0, 0.1) is 0 Å². The van der Waals surface area contributed by atoms with Crippen LogP contribution in [0.15, 0.2) is 419 Å². The molecule has 0 saturated carbocycles. The number of para-hydroxylation sites is 2. The van der Waals surface area contributed by atoms with Crippen LogP contribution in [0.5, 0.6) is 0 Å². The zero-order valence-electron chi connectivity index (χ0n) is 63.0. The van der Waals surface area contributed by atoms with Crippen LogP contribution in [0.1, 0.15) is 0 Å². The van der Waals surface area contributed by atoms with Gasteiger partial charge >= 0.3 is 0 Å². The van der Waals surface area contributed by atoms with Gasteiger partial charge in [0.2, 0.25) is 0 Å². The van der Waals surface area contributed by atoms with E-state index in [2.05, 4.69) is 352 Å². The van der Waals surface area contributed by atoms with E-state index in [0.29, 0.717) is 23.3 Å². The summed E-state index contributed by atoms with van der Waals surface area (Å²) in [6, 6.07) is 148. The molecular formula is C109H69N7. The first-order valence-corrected chi connectivity index (χ1v) is 39.2. The zero-order valence-corrected chi connectivity index (χ0v) is 63.0. The van der Waals surface area contributed by atoms with Crippen LogP contribution in [0.4, 0.5) is 0 Å². The molecule has 0 saturated heterocycles. The van der Waals surface area contributed by atoms with Gasteiger partial charge < -0.3 is 0 Å². The third-order valence-corrected chi connectivity index (χ3v) is 22.3. The highest BCUT2D eigenvalue weighted by molar-refractivity contribution is 6.20. The molecule has 0 atom stereocenters. The fraction of sp³-hybridized carbons (Fsp3) is 0. The molecule has 0 unspecified atom stereocenters. The van der Waals surface area contributed by atoms with E-state index in [1.807, 2.05) is 66.7 Å². The standard InChI is InChI=1S/C63H39N3.C46H30N4/c1-2-16-42(17-3-1)62-55-30-15-29-49(61(55)54-28-12-13-31-58(54)64-62)44-21-14-20-43(36-44)40-32-34-41(35-33-40)59-39-60(56-37-45-18-4-6-22-47(45)50-24-8-10-26-52(50)56)66-63(65-59)57-38-46-19-5-7-23-48(46)51-25-9-11-27-53(51)57;1-4-15-31(16-5-1)43-40-27-14-26-38(42(40)39-25-10-11-28-41(39)47-43)36-23-12-21-34(29-36)35-22-13-24-37(30-35)46-49-44(32-17-6-2-7-18-32)48-45(50-46)33-19-8-3-9-20-33/h1-39H;1-30H. The Morgan fingerprint density at radius 2 is 0.466 bits per heavy atom. The normalized spacial score (nSPS) is 11.4. The molecule has 22 rings (SSSR count). The van der Waals surface area contributed by atoms with E-state index in [0.717, 1.165) is 149 Å². The van der Waals surface area contributed by atoms with E-state index in [1.54, 1.807) is 0 Å². The minimum atomic E-state index is 0.636. The highest BCUT2D eigenvalue weighted by Gasteiger charge is 2.22. The number of rotatable bonds is 12. The molecular weight excluding hydrogens is 1410 g/mol. The Hall–Kier alpha value is -15.6. The second-order valence-corrected chi connectivity index (χ2v) is 29.3. The molecule has 0 aliphatic heterocycles. The van der Waals surface area contributed by atoms with Crippen LogP contribution in [-0.2, 0) is 0 Å². The van der Waals surface area contributed by atoms with Crippen LogP contribution in [0.25, 0.3) is 222 Å². The highest BCUT2D eigenvalue weighted by atomic mass is 15.0. The molecule has 7 nitrogen and oxygen atoms in total. The molecule has 0 spiro atoms. The fourth-order valence-corrected chi connectivity index (χ4v) is 16.8. The lowest BCUT2D eigenvalue weighted by atomic mass is 9.91. The van der Waals surface area contributed by atoms with Gasteiger partial charge in [-0.2, -0.15) is 0 Å². The second-order valence-electron chi connectivity index (χ2n) is 29.3. The van der Waals surface area contributed by atoms with Crippen LogP contribution in [-0.4, -0.2) is 34.9 Å². The summed E-state index contributed by atoms with van der Waals surface area (Å²) in [4.78, 5) is 36.0. The summed E-state index contributed by atoms with van der Waals surface area (Å²) in [7, 11) is 0. The van der Waals surface area contributed by atoms with E-state index in [-0.39, 0.29) is 0 Å². The van der Waals surface area contributed by atoms with Crippen LogP contribution < -0.4 is 0 Å². The summed E-state index contributed by atoms with van der Waals surface area (Å²) < 4.78 is 0. The molecule has 4 heterocycles. The average Bonchev–Trinajstić information content (AvgIpc) is 0.755. The molecule has 18 aromatic carbocycles. The summed E-state index contributed by atoms with van der Waals surface area (Å²) >= 11 is 0. The predicted octanol–water partition coefficient (Wildman–Crippen LogP) is 28.4. The van der Waals surface area contributed by atoms with Crippen LogP contribution >= 0.6 is 0 Å². The van der Waals surface area contributed by atoms with Gasteiger partial charge in [-0.1, -0.05) is 370 Å². The maximum absolute atomic E-state index is 5.46. The minimum Gasteiger partial charge on any atom is -0.247 e. The Bertz CT molecular complexity index is 7370. The van der Waals surface area contributed by atoms with Crippen molar-refractivity contribution >= 4 is 86.4 Å². The van der Waals surface area contributed by atoms with E-state index in [1.165, 1.54) is 48.8 Å². The quantitative estimate of drug-likeness (QED) is 0.113. The smallest absolute Gasteiger partial charge is 0.164 e. The predicted molar refractivity (Wildman–Crippen MR) is 483 cm³/mol. The summed E-state index contributed by atoms with van der Waals surface area (Å²) in [5.74, 6) is 2.63. The molecule has 116 heavy (non-hydrogen) atoms. The number of hydrogen-bond donors (Lipinski definition) is 0. The summed E-state index contributed by atoms with van der Waals surface area (Å²) in [5, 5.41) is 16.5. The van der Waals surface area contributed by atoms with Gasteiger partial charge in [-0.3, -0.25) is 0 Å². The van der Waals surface area contributed by atoms with Crippen LogP contribution in [0.2, 0.25) is 0 Å². The van der Waals surface area contributed by atoms with Crippen molar-refractivity contribution < 1.29 is 0 Å². The lowest BCUT2D eigenvalue weighted by molar-refractivity contribution is 1.07. The lowest BCUT2D eigenvalue weighted by Crippen LogP contribution is -2.00. The van der Waals surface area contributed by atoms with Gasteiger partial charge in [-0.15, -0.1) is 0 Å². The van der Waals surface area contributed by atoms with Gasteiger partial charge in [0, 0.05) is 76.8 Å². The molecule has 0 fully saturated rings. The van der Waals surface area contributed by atoms with Crippen molar-refractivity contribution in [1.29, 1.82) is 0 Å². The largest absolute Gasteiger partial charge is 0.247 e. The molecule has 0 aliphatic carbocycles.